The van der Waals surface area contributed by atoms with Crippen molar-refractivity contribution in [3.05, 3.63) is 309 Å². The summed E-state index contributed by atoms with van der Waals surface area (Å²) in [7, 11) is 0. The molecule has 6 amide bonds. The van der Waals surface area contributed by atoms with Crippen LogP contribution >= 0.6 is 0 Å². The number of fused-ring (bicyclic) bond motifs is 2. The minimum Gasteiger partial charge on any atom is -0.457 e. The van der Waals surface area contributed by atoms with Gasteiger partial charge in [-0.25, -0.2) is 0 Å². The normalized spacial score (nSPS) is 14.1. The van der Waals surface area contributed by atoms with E-state index in [2.05, 4.69) is 180 Å². The van der Waals surface area contributed by atoms with E-state index in [1.807, 2.05) is 198 Å². The second kappa shape index (κ2) is 37.2. The van der Waals surface area contributed by atoms with Crippen molar-refractivity contribution in [1.82, 2.24) is 19.6 Å². The van der Waals surface area contributed by atoms with E-state index in [1.54, 1.807) is 34.1 Å². The zero-order valence-corrected chi connectivity index (χ0v) is 82.4. The first-order chi connectivity index (χ1) is 62.7. The Balaban J connectivity index is 1.09. The molecule has 2 aliphatic rings. The number of amides is 6. The number of ether oxygens (including phenoxy) is 4. The number of carbonyl (C=O) groups is 6. The van der Waals surface area contributed by atoms with Crippen LogP contribution in [0.4, 0.5) is 0 Å². The molecule has 2 atom stereocenters. The number of rotatable bonds is 33. The molecular weight excluding hydrogens is 1650 g/mol. The zero-order valence-electron chi connectivity index (χ0n) is 82.4. The molecule has 2 unspecified atom stereocenters. The van der Waals surface area contributed by atoms with Gasteiger partial charge < -0.3 is 28.7 Å². The first-order valence-corrected chi connectivity index (χ1v) is 47.7. The number of nitrogens with zero attached hydrogens (tertiary/aromatic N) is 4. The molecule has 14 nitrogen and oxygen atoms in total. The predicted molar refractivity (Wildman–Crippen MR) is 539 cm³/mol. The summed E-state index contributed by atoms with van der Waals surface area (Å²) < 4.78 is 30.8. The zero-order chi connectivity index (χ0) is 95.5. The number of carbonyl (C=O) groups excluding carboxylic acids is 6. The fourth-order valence-electron chi connectivity index (χ4n) is 21.8. The second-order valence-corrected chi connectivity index (χ2v) is 45.1. The topological polar surface area (TPSA) is 152 Å². The highest BCUT2D eigenvalue weighted by atomic mass is 16.5. The third-order valence-electron chi connectivity index (χ3n) is 26.3. The van der Waals surface area contributed by atoms with Gasteiger partial charge in [-0.05, 0) is 211 Å². The van der Waals surface area contributed by atoms with Crippen molar-refractivity contribution in [2.24, 2.45) is 34.0 Å². The van der Waals surface area contributed by atoms with Gasteiger partial charge in [0.15, 0.2) is 0 Å². The Labute approximate surface area is 788 Å². The Hall–Kier alpha value is -12.4. The Morgan fingerprint density at radius 1 is 0.278 bits per heavy atom. The van der Waals surface area contributed by atoms with E-state index in [-0.39, 0.29) is 145 Å². The molecule has 2 aliphatic heterocycles. The van der Waals surface area contributed by atoms with Gasteiger partial charge in [0.25, 0.3) is 23.6 Å². The summed E-state index contributed by atoms with van der Waals surface area (Å²) in [5, 5.41) is 2.47. The molecule has 13 aromatic carbocycles. The van der Waals surface area contributed by atoms with Crippen LogP contribution in [0.15, 0.2) is 243 Å². The maximum Gasteiger partial charge on any atom is 0.262 e. The highest BCUT2D eigenvalue weighted by molar-refractivity contribution is 6.45. The van der Waals surface area contributed by atoms with E-state index >= 15 is 28.8 Å². The largest absolute Gasteiger partial charge is 0.457 e. The summed E-state index contributed by atoms with van der Waals surface area (Å²) in [5.74, 6) is -1.71. The van der Waals surface area contributed by atoms with E-state index in [1.165, 1.54) is 9.80 Å². The van der Waals surface area contributed by atoms with Crippen LogP contribution in [0.1, 0.15) is 284 Å². The molecule has 0 spiro atoms. The molecule has 0 bridgehead atoms. The molecule has 0 aromatic heterocycles. The summed E-state index contributed by atoms with van der Waals surface area (Å²) in [6.45, 7) is 51.2. The number of hydrogen-bond donors (Lipinski definition) is 0. The van der Waals surface area contributed by atoms with Crippen molar-refractivity contribution in [2.45, 2.75) is 258 Å². The first-order valence-electron chi connectivity index (χ1n) is 47.7. The van der Waals surface area contributed by atoms with Crippen LogP contribution in [0.3, 0.4) is 0 Å². The fourth-order valence-corrected chi connectivity index (χ4v) is 21.8. The van der Waals surface area contributed by atoms with Crippen LogP contribution in [0.2, 0.25) is 0 Å². The summed E-state index contributed by atoms with van der Waals surface area (Å²) in [6.07, 6.45) is 3.68. The van der Waals surface area contributed by atoms with Gasteiger partial charge in [-0.2, -0.15) is 0 Å². The van der Waals surface area contributed by atoms with E-state index in [9.17, 15) is 0 Å². The third-order valence-corrected chi connectivity index (χ3v) is 26.3. The van der Waals surface area contributed by atoms with Crippen molar-refractivity contribution >= 4 is 78.5 Å². The monoisotopic (exact) mass is 1780 g/mol. The smallest absolute Gasteiger partial charge is 0.262 e. The van der Waals surface area contributed by atoms with Gasteiger partial charge in [0.1, 0.15) is 58.1 Å². The molecular formula is C119H134N4O10. The second-order valence-electron chi connectivity index (χ2n) is 45.1. The average molecular weight is 1780 g/mol. The van der Waals surface area contributed by atoms with Crippen LogP contribution in [-0.2, 0) is 57.4 Å². The molecule has 13 aromatic rings. The highest BCUT2D eigenvalue weighted by Gasteiger charge is 2.49. The minimum atomic E-state index is -1.35. The number of hydrogen-bond acceptors (Lipinski definition) is 10. The maximum atomic E-state index is 17.4. The van der Waals surface area contributed by atoms with Crippen molar-refractivity contribution in [3.63, 3.8) is 0 Å². The maximum absolute atomic E-state index is 17.4. The molecule has 0 radical (unpaired) electrons. The molecule has 0 fully saturated rings. The van der Waals surface area contributed by atoms with Crippen molar-refractivity contribution in [2.75, 3.05) is 0 Å². The van der Waals surface area contributed by atoms with E-state index in [0.717, 1.165) is 70.2 Å². The van der Waals surface area contributed by atoms with Gasteiger partial charge in [-0.15, -0.1) is 0 Å². The molecule has 2 heterocycles. The van der Waals surface area contributed by atoms with Crippen molar-refractivity contribution in [3.8, 4) is 46.0 Å². The lowest BCUT2D eigenvalue weighted by Gasteiger charge is -2.38. The van der Waals surface area contributed by atoms with Gasteiger partial charge in [-0.3, -0.25) is 38.6 Å². The molecule has 0 saturated carbocycles. The van der Waals surface area contributed by atoms with Gasteiger partial charge in [0.05, 0.1) is 22.3 Å². The fraction of sp³-hybridized carbons (Fsp3) is 0.378. The SMILES string of the molecule is CC(C)CC(C(=O)N(Cc1ccccc1)Cc1ccccc1)N1C(=O)c2cc(Oc3ccc(C(C)(C)CC(C)C)cc3)c3c4c(Oc5ccc(C(C)(C)CC(C)(C)C)cc5)cc5c6c(cc(Oc7ccc(C(C)(C)CC(C)(C)C)cc7)c(c7c(Oc8ccc(C(C)(C)CC(C)(C)C)cc8)cc(c2c37)C1=O)c64)C(=O)N(C(CC(C)C)C(=O)N(Cc1ccccc1)Cc1ccccc1)C5=O. The molecule has 15 rings (SSSR count). The lowest BCUT2D eigenvalue weighted by Crippen LogP contribution is -2.55. The van der Waals surface area contributed by atoms with Crippen LogP contribution in [0.5, 0.6) is 46.0 Å². The standard InChI is InChI=1S/C119H134N4O10/c1-74(2)60-93(111(128)120(67-77-36-28-24-29-37-77)68-78-38-30-25-31-39-78)122-107(124)89-62-95(130-85-52-44-81(45-53-85)116(16,17)66-76(5)6)101-102-96(131-86-54-46-82(47-55-86)117(18,19)71-113(7,8)9)63-91-100-92(110(127)123(109(91)126)94(61-75(3)4)112(129)121(69-79-40-32-26-33-41-79)70-80-42-34-27-35-43-80)65-98(133-88-58-50-84(51-59-88)119(22,23)73-115(13,14)15)104(106(100)102)103-97(64-90(108(122)125)99(89)105(101)103)132-87-56-48-83(49-57-87)118(20,21)72-114(10,11)12/h24-59,62-65,74-76,93-94H,60-61,66-73H2,1-23H3. The summed E-state index contributed by atoms with van der Waals surface area (Å²) in [4.78, 5) is 108. The number of imide groups is 2. The minimum absolute atomic E-state index is 0.0304. The molecule has 0 N–H and O–H groups in total. The lowest BCUT2D eigenvalue weighted by molar-refractivity contribution is -0.138. The van der Waals surface area contributed by atoms with Crippen LogP contribution in [-0.4, -0.2) is 67.1 Å². The summed E-state index contributed by atoms with van der Waals surface area (Å²) >= 11 is 0. The molecule has 14 heteroatoms. The Kier molecular flexibility index (Phi) is 26.6. The van der Waals surface area contributed by atoms with Gasteiger partial charge in [0, 0.05) is 69.3 Å². The number of benzene rings is 13. The van der Waals surface area contributed by atoms with Crippen molar-refractivity contribution in [1.29, 1.82) is 0 Å². The van der Waals surface area contributed by atoms with Crippen LogP contribution in [0, 0.1) is 34.0 Å². The molecule has 690 valence electrons. The Bertz CT molecular complexity index is 5920. The quantitative estimate of drug-likeness (QED) is 0.0221. The molecule has 0 saturated heterocycles. The summed E-state index contributed by atoms with van der Waals surface area (Å²) in [6, 6.07) is 75.3. The molecule has 0 aliphatic carbocycles. The van der Waals surface area contributed by atoms with Gasteiger partial charge in [0.2, 0.25) is 11.8 Å². The van der Waals surface area contributed by atoms with Gasteiger partial charge >= 0.3 is 0 Å². The highest BCUT2D eigenvalue weighted by Crippen LogP contribution is 2.59. The van der Waals surface area contributed by atoms with Crippen molar-refractivity contribution < 1.29 is 47.7 Å². The Morgan fingerprint density at radius 3 is 0.699 bits per heavy atom. The average Bonchev–Trinajstić information content (AvgIpc) is 0.668. The molecule has 133 heavy (non-hydrogen) atoms. The Morgan fingerprint density at radius 2 is 0.496 bits per heavy atom. The summed E-state index contributed by atoms with van der Waals surface area (Å²) in [5.41, 5.74) is 6.76. The third kappa shape index (κ3) is 20.7. The van der Waals surface area contributed by atoms with E-state index in [0.29, 0.717) is 61.2 Å². The van der Waals surface area contributed by atoms with Crippen LogP contribution in [0.25, 0.3) is 43.1 Å². The lowest BCUT2D eigenvalue weighted by atomic mass is 9.72. The van der Waals surface area contributed by atoms with E-state index < -0.39 is 47.5 Å². The van der Waals surface area contributed by atoms with Crippen LogP contribution < -0.4 is 18.9 Å². The van der Waals surface area contributed by atoms with Gasteiger partial charge in [-0.1, -0.05) is 329 Å². The first kappa shape index (κ1) is 95.2. The van der Waals surface area contributed by atoms with E-state index in [4.69, 9.17) is 18.9 Å². The predicted octanol–water partition coefficient (Wildman–Crippen LogP) is 29.9.